The lowest BCUT2D eigenvalue weighted by atomic mass is 10.2. The monoisotopic (exact) mass is 304 g/mol. The highest BCUT2D eigenvalue weighted by molar-refractivity contribution is 9.10. The Kier molecular flexibility index (Phi) is 2.67. The van der Waals surface area contributed by atoms with Gasteiger partial charge in [-0.05, 0) is 64.8 Å². The number of benzene rings is 1. The maximum absolute atomic E-state index is 12.9. The van der Waals surface area contributed by atoms with Crippen LogP contribution in [0, 0.1) is 12.7 Å². The fourth-order valence-electron chi connectivity index (χ4n) is 1.96. The number of rotatable bonds is 1. The molecule has 0 fully saturated rings. The first-order chi connectivity index (χ1) is 8.65. The van der Waals surface area contributed by atoms with Crippen molar-refractivity contribution in [3.05, 3.63) is 58.6 Å². The summed E-state index contributed by atoms with van der Waals surface area (Å²) in [5, 5.41) is 0. The third kappa shape index (κ3) is 1.82. The summed E-state index contributed by atoms with van der Waals surface area (Å²) < 4.78 is 15.7. The Balaban J connectivity index is 2.26. The summed E-state index contributed by atoms with van der Waals surface area (Å²) in [6, 6.07) is 10.4. The van der Waals surface area contributed by atoms with Crippen molar-refractivity contribution in [2.75, 3.05) is 0 Å². The van der Waals surface area contributed by atoms with Crippen molar-refractivity contribution in [2.45, 2.75) is 6.92 Å². The molecule has 0 saturated heterocycles. The van der Waals surface area contributed by atoms with Crippen molar-refractivity contribution in [3.8, 4) is 11.4 Å². The van der Waals surface area contributed by atoms with E-state index < -0.39 is 0 Å². The number of fused-ring (bicyclic) bond motifs is 1. The smallest absolute Gasteiger partial charge is 0.145 e. The molecule has 0 saturated carbocycles. The van der Waals surface area contributed by atoms with Gasteiger partial charge in [0.15, 0.2) is 0 Å². The van der Waals surface area contributed by atoms with Gasteiger partial charge in [-0.3, -0.25) is 4.40 Å². The van der Waals surface area contributed by atoms with Crippen molar-refractivity contribution in [1.29, 1.82) is 0 Å². The van der Waals surface area contributed by atoms with Crippen molar-refractivity contribution < 1.29 is 4.39 Å². The predicted molar refractivity (Wildman–Crippen MR) is 73.0 cm³/mol. The Morgan fingerprint density at radius 3 is 2.61 bits per heavy atom. The van der Waals surface area contributed by atoms with E-state index in [1.165, 1.54) is 17.7 Å². The summed E-state index contributed by atoms with van der Waals surface area (Å²) in [5.74, 6) is 0.561. The van der Waals surface area contributed by atoms with Crippen LogP contribution in [-0.4, -0.2) is 9.38 Å². The molecule has 2 nitrogen and oxygen atoms in total. The minimum Gasteiger partial charge on any atom is -0.299 e. The van der Waals surface area contributed by atoms with Gasteiger partial charge in [-0.2, -0.15) is 0 Å². The number of nitrogens with zero attached hydrogens (tertiary/aromatic N) is 2. The van der Waals surface area contributed by atoms with Crippen molar-refractivity contribution in [1.82, 2.24) is 9.38 Å². The molecule has 1 aromatic carbocycles. The number of imidazole rings is 1. The summed E-state index contributed by atoms with van der Waals surface area (Å²) in [5.41, 5.74) is 3.07. The molecule has 90 valence electrons. The average molecular weight is 305 g/mol. The van der Waals surface area contributed by atoms with Crippen LogP contribution in [-0.2, 0) is 0 Å². The van der Waals surface area contributed by atoms with Crippen LogP contribution in [0.1, 0.15) is 5.56 Å². The van der Waals surface area contributed by atoms with Crippen molar-refractivity contribution in [3.63, 3.8) is 0 Å². The van der Waals surface area contributed by atoms with E-state index in [0.717, 1.165) is 21.5 Å². The van der Waals surface area contributed by atoms with E-state index in [-0.39, 0.29) is 5.82 Å². The molecule has 0 bridgehead atoms. The van der Waals surface area contributed by atoms with Crippen molar-refractivity contribution >= 4 is 21.4 Å². The zero-order valence-electron chi connectivity index (χ0n) is 9.69. The molecule has 3 rings (SSSR count). The zero-order chi connectivity index (χ0) is 12.7. The van der Waals surface area contributed by atoms with Crippen molar-refractivity contribution in [2.24, 2.45) is 0 Å². The highest BCUT2D eigenvalue weighted by Crippen LogP contribution is 2.26. The minimum absolute atomic E-state index is 0.241. The molecule has 0 atom stereocenters. The molecule has 2 heterocycles. The van der Waals surface area contributed by atoms with Gasteiger partial charge in [0.2, 0.25) is 0 Å². The predicted octanol–water partition coefficient (Wildman–Crippen LogP) is 4.21. The van der Waals surface area contributed by atoms with Crippen LogP contribution in [0.2, 0.25) is 0 Å². The highest BCUT2D eigenvalue weighted by atomic mass is 79.9. The number of pyridine rings is 1. The summed E-state index contributed by atoms with van der Waals surface area (Å²) >= 11 is 3.46. The van der Waals surface area contributed by atoms with E-state index >= 15 is 0 Å². The van der Waals surface area contributed by atoms with Gasteiger partial charge >= 0.3 is 0 Å². The first kappa shape index (κ1) is 11.4. The van der Waals surface area contributed by atoms with Gasteiger partial charge in [0.05, 0.1) is 5.52 Å². The van der Waals surface area contributed by atoms with Gasteiger partial charge in [-0.1, -0.05) is 0 Å². The van der Waals surface area contributed by atoms with Gasteiger partial charge < -0.3 is 0 Å². The minimum atomic E-state index is -0.241. The molecule has 0 N–H and O–H groups in total. The topological polar surface area (TPSA) is 17.3 Å². The second kappa shape index (κ2) is 4.21. The number of aromatic nitrogens is 2. The van der Waals surface area contributed by atoms with Crippen LogP contribution >= 0.6 is 15.9 Å². The Bertz CT molecular complexity index is 716. The molecule has 18 heavy (non-hydrogen) atoms. The van der Waals surface area contributed by atoms with E-state index in [1.54, 1.807) is 12.1 Å². The largest absolute Gasteiger partial charge is 0.299 e. The number of hydrogen-bond donors (Lipinski definition) is 0. The fraction of sp³-hybridized carbons (Fsp3) is 0.0714. The normalized spacial score (nSPS) is 11.1. The molecule has 0 unspecified atom stereocenters. The van der Waals surface area contributed by atoms with E-state index in [1.807, 2.05) is 23.6 Å². The van der Waals surface area contributed by atoms with Gasteiger partial charge in [-0.25, -0.2) is 9.37 Å². The molecular weight excluding hydrogens is 295 g/mol. The van der Waals surface area contributed by atoms with Gasteiger partial charge in [0, 0.05) is 11.8 Å². The fourth-order valence-corrected chi connectivity index (χ4v) is 2.43. The molecule has 0 radical (unpaired) electrons. The van der Waals surface area contributed by atoms with E-state index in [0.29, 0.717) is 0 Å². The molecule has 0 aliphatic heterocycles. The highest BCUT2D eigenvalue weighted by Gasteiger charge is 2.10. The average Bonchev–Trinajstić information content (AvgIpc) is 2.68. The lowest BCUT2D eigenvalue weighted by molar-refractivity contribution is 0.628. The Labute approximate surface area is 112 Å². The maximum atomic E-state index is 12.9. The van der Waals surface area contributed by atoms with Gasteiger partial charge in [0.25, 0.3) is 0 Å². The second-order valence-corrected chi connectivity index (χ2v) is 4.94. The van der Waals surface area contributed by atoms with Crippen LogP contribution in [0.15, 0.2) is 47.2 Å². The van der Waals surface area contributed by atoms with Crippen LogP contribution in [0.25, 0.3) is 16.9 Å². The van der Waals surface area contributed by atoms with Crippen LogP contribution in [0.3, 0.4) is 0 Å². The summed E-state index contributed by atoms with van der Waals surface area (Å²) in [7, 11) is 0. The summed E-state index contributed by atoms with van der Waals surface area (Å²) in [4.78, 5) is 4.49. The van der Waals surface area contributed by atoms with E-state index in [4.69, 9.17) is 0 Å². The van der Waals surface area contributed by atoms with Gasteiger partial charge in [0.1, 0.15) is 16.2 Å². The lowest BCUT2D eigenvalue weighted by Gasteiger charge is -2.02. The van der Waals surface area contributed by atoms with Gasteiger partial charge in [-0.15, -0.1) is 0 Å². The van der Waals surface area contributed by atoms with E-state index in [2.05, 4.69) is 27.0 Å². The summed E-state index contributed by atoms with van der Waals surface area (Å²) in [6.45, 7) is 2.04. The van der Waals surface area contributed by atoms with Crippen LogP contribution < -0.4 is 0 Å². The molecule has 0 amide bonds. The molecular formula is C14H10BrFN2. The molecule has 2 aromatic heterocycles. The van der Waals surface area contributed by atoms with Crippen LogP contribution in [0.4, 0.5) is 4.39 Å². The third-order valence-corrected chi connectivity index (χ3v) is 3.44. The molecule has 3 aromatic rings. The SMILES string of the molecule is Cc1ccn2c(-c3ccc(F)cc3)nc(Br)c2c1. The summed E-state index contributed by atoms with van der Waals surface area (Å²) in [6.07, 6.45) is 1.97. The Hall–Kier alpha value is -1.68. The number of hydrogen-bond acceptors (Lipinski definition) is 1. The Morgan fingerprint density at radius 2 is 1.89 bits per heavy atom. The second-order valence-electron chi connectivity index (χ2n) is 4.19. The lowest BCUT2D eigenvalue weighted by Crippen LogP contribution is -1.89. The Morgan fingerprint density at radius 1 is 1.17 bits per heavy atom. The molecule has 0 spiro atoms. The molecule has 0 aliphatic carbocycles. The quantitative estimate of drug-likeness (QED) is 0.658. The van der Waals surface area contributed by atoms with E-state index in [9.17, 15) is 4.39 Å². The molecule has 4 heteroatoms. The van der Waals surface area contributed by atoms with Crippen LogP contribution in [0.5, 0.6) is 0 Å². The molecule has 0 aliphatic rings. The zero-order valence-corrected chi connectivity index (χ0v) is 11.3. The first-order valence-electron chi connectivity index (χ1n) is 5.55. The maximum Gasteiger partial charge on any atom is 0.145 e. The standard InChI is InChI=1S/C14H10BrFN2/c1-9-6-7-18-12(8-9)13(15)17-14(18)10-2-4-11(16)5-3-10/h2-8H,1H3. The third-order valence-electron chi connectivity index (χ3n) is 2.86. The number of halogens is 2. The first-order valence-corrected chi connectivity index (χ1v) is 6.34. The number of aryl methyl sites for hydroxylation is 1.